The monoisotopic (exact) mass is 476 g/mol. The number of rotatable bonds is 5. The number of ether oxygens (including phenoxy) is 1. The van der Waals surface area contributed by atoms with Crippen LogP contribution in [0.25, 0.3) is 16.2 Å². The Hall–Kier alpha value is -2.06. The number of sulfonamides is 1. The zero-order valence-corrected chi connectivity index (χ0v) is 18.3. The Morgan fingerprint density at radius 2 is 1.97 bits per heavy atom. The van der Waals surface area contributed by atoms with Gasteiger partial charge in [0.15, 0.2) is 0 Å². The van der Waals surface area contributed by atoms with Gasteiger partial charge in [-0.05, 0) is 32.9 Å². The van der Waals surface area contributed by atoms with E-state index in [-0.39, 0.29) is 18.8 Å². The maximum absolute atomic E-state index is 13.6. The van der Waals surface area contributed by atoms with E-state index in [0.717, 1.165) is 23.5 Å². The van der Waals surface area contributed by atoms with Crippen LogP contribution in [0.1, 0.15) is 30.1 Å². The molecule has 0 unspecified atom stereocenters. The lowest BCUT2D eigenvalue weighted by Crippen LogP contribution is -2.48. The minimum atomic E-state index is -4.87. The first-order valence-electron chi connectivity index (χ1n) is 9.18. The van der Waals surface area contributed by atoms with Gasteiger partial charge in [-0.3, -0.25) is 0 Å². The summed E-state index contributed by atoms with van der Waals surface area (Å²) in [4.78, 5) is 3.91. The van der Waals surface area contributed by atoms with Crippen molar-refractivity contribution in [3.8, 4) is 11.3 Å². The van der Waals surface area contributed by atoms with Gasteiger partial charge >= 0.3 is 6.18 Å². The minimum absolute atomic E-state index is 0.0984. The predicted octanol–water partition coefficient (Wildman–Crippen LogP) is 2.69. The average Bonchev–Trinajstić information content (AvgIpc) is 3.13. The SMILES string of the molecule is Cc1nc2sc(C(C)(C)O)nn2c1-c1ccc(C(F)(F)F)c(S(=O)(=O)NC2COC2)c1. The van der Waals surface area contributed by atoms with E-state index in [1.807, 2.05) is 0 Å². The normalized spacial score (nSPS) is 16.1. The number of aromatic nitrogens is 3. The number of imidazole rings is 1. The van der Waals surface area contributed by atoms with Crippen molar-refractivity contribution in [1.29, 1.82) is 0 Å². The zero-order valence-electron chi connectivity index (χ0n) is 16.7. The van der Waals surface area contributed by atoms with Crippen LogP contribution in [0, 0.1) is 6.92 Å². The topological polar surface area (TPSA) is 106 Å². The van der Waals surface area contributed by atoms with Gasteiger partial charge in [0.25, 0.3) is 0 Å². The molecule has 0 aliphatic carbocycles. The molecule has 1 aliphatic heterocycles. The number of hydrogen-bond acceptors (Lipinski definition) is 7. The lowest BCUT2D eigenvalue weighted by molar-refractivity contribution is -0.139. The highest BCUT2D eigenvalue weighted by atomic mass is 32.2. The number of alkyl halides is 3. The third kappa shape index (κ3) is 4.07. The van der Waals surface area contributed by atoms with Crippen molar-refractivity contribution in [1.82, 2.24) is 19.3 Å². The summed E-state index contributed by atoms with van der Waals surface area (Å²) < 4.78 is 74.8. The molecule has 0 amide bonds. The number of nitrogens with zero attached hydrogens (tertiary/aromatic N) is 3. The van der Waals surface area contributed by atoms with Crippen LogP contribution in [0.15, 0.2) is 23.1 Å². The Kier molecular flexibility index (Phi) is 5.17. The second-order valence-electron chi connectivity index (χ2n) is 7.77. The van der Waals surface area contributed by atoms with Gasteiger partial charge in [-0.25, -0.2) is 22.6 Å². The molecular weight excluding hydrogens is 457 g/mol. The molecule has 1 aromatic carbocycles. The number of fused-ring (bicyclic) bond motifs is 1. The molecule has 13 heteroatoms. The van der Waals surface area contributed by atoms with Gasteiger partial charge in [-0.2, -0.15) is 18.3 Å². The molecule has 1 saturated heterocycles. The third-order valence-electron chi connectivity index (χ3n) is 4.71. The highest BCUT2D eigenvalue weighted by Crippen LogP contribution is 2.38. The largest absolute Gasteiger partial charge is 0.417 e. The fraction of sp³-hybridized carbons (Fsp3) is 0.444. The minimum Gasteiger partial charge on any atom is -0.383 e. The summed E-state index contributed by atoms with van der Waals surface area (Å²) in [5, 5.41) is 14.9. The molecule has 1 aliphatic rings. The number of nitrogens with one attached hydrogen (secondary N) is 1. The van der Waals surface area contributed by atoms with Gasteiger partial charge < -0.3 is 9.84 Å². The summed E-state index contributed by atoms with van der Waals surface area (Å²) in [5.41, 5.74) is -1.49. The molecule has 31 heavy (non-hydrogen) atoms. The first-order chi connectivity index (χ1) is 14.3. The van der Waals surface area contributed by atoms with Crippen LogP contribution < -0.4 is 4.72 Å². The molecular formula is C18H19F3N4O4S2. The van der Waals surface area contributed by atoms with E-state index in [0.29, 0.717) is 21.4 Å². The summed E-state index contributed by atoms with van der Waals surface area (Å²) in [6.07, 6.45) is -4.87. The summed E-state index contributed by atoms with van der Waals surface area (Å²) in [6.45, 7) is 4.95. The van der Waals surface area contributed by atoms with Crippen molar-refractivity contribution in [2.24, 2.45) is 0 Å². The molecule has 0 radical (unpaired) electrons. The van der Waals surface area contributed by atoms with E-state index >= 15 is 0 Å². The van der Waals surface area contributed by atoms with E-state index in [1.54, 1.807) is 20.8 Å². The number of aliphatic hydroxyl groups is 1. The summed E-state index contributed by atoms with van der Waals surface area (Å²) in [6, 6.07) is 2.33. The molecule has 3 aromatic rings. The quantitative estimate of drug-likeness (QED) is 0.587. The summed E-state index contributed by atoms with van der Waals surface area (Å²) >= 11 is 1.14. The van der Waals surface area contributed by atoms with Crippen molar-refractivity contribution < 1.29 is 31.4 Å². The number of halogens is 3. The van der Waals surface area contributed by atoms with Crippen LogP contribution >= 0.6 is 11.3 Å². The predicted molar refractivity (Wildman–Crippen MR) is 106 cm³/mol. The van der Waals surface area contributed by atoms with E-state index in [4.69, 9.17) is 4.74 Å². The van der Waals surface area contributed by atoms with Gasteiger partial charge in [0, 0.05) is 5.56 Å². The fourth-order valence-electron chi connectivity index (χ4n) is 3.14. The number of hydrogen-bond donors (Lipinski definition) is 2. The lowest BCUT2D eigenvalue weighted by atomic mass is 10.1. The Morgan fingerprint density at radius 1 is 1.29 bits per heavy atom. The fourth-order valence-corrected chi connectivity index (χ4v) is 5.54. The second-order valence-corrected chi connectivity index (χ2v) is 10.4. The molecule has 168 valence electrons. The number of benzene rings is 1. The van der Waals surface area contributed by atoms with Crippen molar-refractivity contribution in [2.45, 2.75) is 43.5 Å². The molecule has 2 aromatic heterocycles. The van der Waals surface area contributed by atoms with Crippen LogP contribution in [0.5, 0.6) is 0 Å². The van der Waals surface area contributed by atoms with Crippen LogP contribution in [-0.2, 0) is 26.5 Å². The molecule has 4 rings (SSSR count). The van der Waals surface area contributed by atoms with Crippen molar-refractivity contribution in [2.75, 3.05) is 13.2 Å². The third-order valence-corrected chi connectivity index (χ3v) is 7.49. The molecule has 0 saturated carbocycles. The Morgan fingerprint density at radius 3 is 2.52 bits per heavy atom. The lowest BCUT2D eigenvalue weighted by Gasteiger charge is -2.27. The van der Waals surface area contributed by atoms with Crippen molar-refractivity contribution in [3.63, 3.8) is 0 Å². The van der Waals surface area contributed by atoms with Gasteiger partial charge in [0.2, 0.25) is 15.0 Å². The van der Waals surface area contributed by atoms with Gasteiger partial charge in [0.05, 0.1) is 41.1 Å². The highest BCUT2D eigenvalue weighted by Gasteiger charge is 2.39. The van der Waals surface area contributed by atoms with Crippen LogP contribution in [0.2, 0.25) is 0 Å². The Balaban J connectivity index is 1.89. The van der Waals surface area contributed by atoms with E-state index < -0.39 is 38.3 Å². The Labute approximate surface area is 179 Å². The summed E-state index contributed by atoms with van der Waals surface area (Å²) in [7, 11) is -4.47. The molecule has 0 atom stereocenters. The van der Waals surface area contributed by atoms with Crippen LogP contribution in [0.3, 0.4) is 0 Å². The second kappa shape index (κ2) is 7.24. The molecule has 8 nitrogen and oxygen atoms in total. The smallest absolute Gasteiger partial charge is 0.383 e. The van der Waals surface area contributed by atoms with E-state index in [2.05, 4.69) is 14.8 Å². The van der Waals surface area contributed by atoms with E-state index in [9.17, 15) is 26.7 Å². The maximum atomic E-state index is 13.6. The first-order valence-corrected chi connectivity index (χ1v) is 11.5. The number of aryl methyl sites for hydroxylation is 1. The van der Waals surface area contributed by atoms with Crippen LogP contribution in [-0.4, -0.2) is 47.4 Å². The zero-order chi connectivity index (χ0) is 22.8. The van der Waals surface area contributed by atoms with Crippen molar-refractivity contribution >= 4 is 26.3 Å². The molecule has 3 heterocycles. The molecule has 2 N–H and O–H groups in total. The molecule has 1 fully saturated rings. The molecule has 0 spiro atoms. The first kappa shape index (κ1) is 22.1. The molecule has 0 bridgehead atoms. The van der Waals surface area contributed by atoms with Crippen molar-refractivity contribution in [3.05, 3.63) is 34.5 Å². The van der Waals surface area contributed by atoms with Gasteiger partial charge in [0.1, 0.15) is 10.6 Å². The van der Waals surface area contributed by atoms with Crippen LogP contribution in [0.4, 0.5) is 13.2 Å². The highest BCUT2D eigenvalue weighted by molar-refractivity contribution is 7.89. The summed E-state index contributed by atoms with van der Waals surface area (Å²) in [5.74, 6) is 0. The Bertz CT molecular complexity index is 1260. The van der Waals surface area contributed by atoms with E-state index in [1.165, 1.54) is 10.6 Å². The average molecular weight is 477 g/mol. The maximum Gasteiger partial charge on any atom is 0.417 e. The van der Waals surface area contributed by atoms with Gasteiger partial charge in [-0.1, -0.05) is 17.4 Å². The standard InChI is InChI=1S/C18H19F3N4O4S2/c1-9-14(25-16(22-9)30-15(23-25)17(2,3)26)10-4-5-12(18(19,20)21)13(6-10)31(27,28)24-11-7-29-8-11/h4-6,11,24,26H,7-8H2,1-3H3. The van der Waals surface area contributed by atoms with Gasteiger partial charge in [-0.15, -0.1) is 0 Å².